The van der Waals surface area contributed by atoms with Crippen molar-refractivity contribution in [2.75, 3.05) is 6.54 Å². The van der Waals surface area contributed by atoms with Gasteiger partial charge in [-0.3, -0.25) is 19.6 Å². The van der Waals surface area contributed by atoms with Gasteiger partial charge in [-0.1, -0.05) is 43.2 Å². The van der Waals surface area contributed by atoms with Gasteiger partial charge >= 0.3 is 0 Å². The van der Waals surface area contributed by atoms with E-state index >= 15 is 0 Å². The monoisotopic (exact) mass is 578 g/mol. The number of carbonyl (C=O) groups is 2. The lowest BCUT2D eigenvalue weighted by Crippen LogP contribution is -2.32. The molecule has 1 amide bonds. The van der Waals surface area contributed by atoms with E-state index in [1.165, 1.54) is 0 Å². The highest BCUT2D eigenvalue weighted by Gasteiger charge is 2.35. The molecule has 2 aromatic carbocycles. The molecule has 1 aliphatic heterocycles. The summed E-state index contributed by atoms with van der Waals surface area (Å²) in [5, 5.41) is 11.5. The maximum atomic E-state index is 14.0. The number of aromatic nitrogens is 3. The highest BCUT2D eigenvalue weighted by molar-refractivity contribution is 6.02. The van der Waals surface area contributed by atoms with E-state index < -0.39 is 6.10 Å². The minimum absolute atomic E-state index is 0.0981. The first-order valence-corrected chi connectivity index (χ1v) is 15.4. The van der Waals surface area contributed by atoms with Crippen LogP contribution in [0.2, 0.25) is 0 Å². The Hall–Kier alpha value is -4.17. The highest BCUT2D eigenvalue weighted by Crippen LogP contribution is 2.36. The SMILES string of the molecule is Cc1coc(C2CCCN2C(=O)c2cc(C(=O)C[C@@H](Cc3ccccc3)[C@H](O)C3CCCC3)cc(-c3cnccn3)c2)n1. The molecule has 2 aromatic heterocycles. The average Bonchev–Trinajstić information content (AvgIpc) is 3.83. The summed E-state index contributed by atoms with van der Waals surface area (Å²) >= 11 is 0. The molecule has 0 radical (unpaired) electrons. The number of aliphatic hydroxyl groups excluding tert-OH is 1. The Bertz CT molecular complexity index is 1550. The summed E-state index contributed by atoms with van der Waals surface area (Å²) in [6.45, 7) is 2.45. The van der Waals surface area contributed by atoms with Crippen molar-refractivity contribution >= 4 is 11.7 Å². The number of hydrogen-bond acceptors (Lipinski definition) is 7. The summed E-state index contributed by atoms with van der Waals surface area (Å²) in [5.74, 6) is 0.238. The van der Waals surface area contributed by atoms with E-state index in [0.29, 0.717) is 41.2 Å². The molecule has 3 heterocycles. The topological polar surface area (TPSA) is 109 Å². The van der Waals surface area contributed by atoms with Crippen molar-refractivity contribution in [3.8, 4) is 11.3 Å². The second-order valence-corrected chi connectivity index (χ2v) is 12.0. The number of amides is 1. The van der Waals surface area contributed by atoms with Gasteiger partial charge < -0.3 is 14.4 Å². The first-order valence-electron chi connectivity index (χ1n) is 15.4. The molecule has 8 heteroatoms. The molecule has 4 aromatic rings. The lowest BCUT2D eigenvalue weighted by molar-refractivity contribution is 0.0456. The Balaban J connectivity index is 1.32. The molecule has 43 heavy (non-hydrogen) atoms. The summed E-state index contributed by atoms with van der Waals surface area (Å²) in [6.07, 6.45) is 12.5. The largest absolute Gasteiger partial charge is 0.446 e. The third kappa shape index (κ3) is 6.59. The van der Waals surface area contributed by atoms with Gasteiger partial charge in [0.2, 0.25) is 5.89 Å². The first kappa shape index (κ1) is 28.9. The number of rotatable bonds is 10. The van der Waals surface area contributed by atoms with Gasteiger partial charge in [0.1, 0.15) is 12.3 Å². The lowest BCUT2D eigenvalue weighted by Gasteiger charge is -2.27. The van der Waals surface area contributed by atoms with Gasteiger partial charge in [0, 0.05) is 42.0 Å². The zero-order chi connectivity index (χ0) is 29.8. The third-order valence-corrected chi connectivity index (χ3v) is 8.95. The van der Waals surface area contributed by atoms with Gasteiger partial charge in [-0.15, -0.1) is 0 Å². The quantitative estimate of drug-likeness (QED) is 0.217. The summed E-state index contributed by atoms with van der Waals surface area (Å²) in [5.41, 5.74) is 3.96. The van der Waals surface area contributed by atoms with Gasteiger partial charge in [-0.2, -0.15) is 0 Å². The van der Waals surface area contributed by atoms with E-state index in [2.05, 4.69) is 15.0 Å². The number of likely N-dealkylation sites (tertiary alicyclic amines) is 1. The number of nitrogens with zero attached hydrogens (tertiary/aromatic N) is 4. The molecule has 2 aliphatic rings. The van der Waals surface area contributed by atoms with Crippen molar-refractivity contribution in [3.63, 3.8) is 0 Å². The van der Waals surface area contributed by atoms with Gasteiger partial charge in [0.25, 0.3) is 5.91 Å². The van der Waals surface area contributed by atoms with Crippen LogP contribution < -0.4 is 0 Å². The summed E-state index contributed by atoms with van der Waals surface area (Å²) in [7, 11) is 0. The molecule has 1 saturated heterocycles. The number of aliphatic hydroxyl groups is 1. The predicted octanol–water partition coefficient (Wildman–Crippen LogP) is 6.40. The van der Waals surface area contributed by atoms with Crippen LogP contribution in [-0.2, 0) is 6.42 Å². The molecular weight excluding hydrogens is 540 g/mol. The normalized spacial score (nSPS) is 18.6. The van der Waals surface area contributed by atoms with Gasteiger partial charge in [0.15, 0.2) is 5.78 Å². The lowest BCUT2D eigenvalue weighted by atomic mass is 9.81. The minimum atomic E-state index is -0.564. The molecule has 1 N–H and O–H groups in total. The molecule has 3 atom stereocenters. The van der Waals surface area contributed by atoms with Crippen LogP contribution in [0.1, 0.15) is 88.9 Å². The maximum absolute atomic E-state index is 14.0. The Morgan fingerprint density at radius 1 is 1.02 bits per heavy atom. The van der Waals surface area contributed by atoms with Crippen LogP contribution in [0.25, 0.3) is 11.3 Å². The second kappa shape index (κ2) is 13.0. The maximum Gasteiger partial charge on any atom is 0.254 e. The molecule has 0 spiro atoms. The molecular formula is C35H38N4O4. The Kier molecular flexibility index (Phi) is 8.74. The standard InChI is InChI=1S/C35H38N4O4/c1-23-22-43-34(38-23)31-12-7-15-39(31)35(42)29-18-26(30-21-36-13-14-37-30)17-27(19-29)32(40)20-28(16-24-8-3-2-4-9-24)33(41)25-10-5-6-11-25/h2-4,8-9,13-14,17-19,21-22,25,28,31,33,41H,5-7,10-12,15-16,20H2,1H3/t28-,31?,33-/m1/s1. The highest BCUT2D eigenvalue weighted by atomic mass is 16.3. The van der Waals surface area contributed by atoms with Crippen LogP contribution in [0, 0.1) is 18.8 Å². The fraction of sp³-hybridized carbons (Fsp3) is 0.400. The number of ketones is 1. The number of benzene rings is 2. The van der Waals surface area contributed by atoms with Crippen LogP contribution in [0.5, 0.6) is 0 Å². The fourth-order valence-electron chi connectivity index (χ4n) is 6.74. The van der Waals surface area contributed by atoms with Crippen LogP contribution in [0.3, 0.4) is 0 Å². The van der Waals surface area contributed by atoms with E-state index in [4.69, 9.17) is 4.42 Å². The fourth-order valence-corrected chi connectivity index (χ4v) is 6.74. The predicted molar refractivity (Wildman–Crippen MR) is 162 cm³/mol. The number of hydrogen-bond donors (Lipinski definition) is 1. The zero-order valence-electron chi connectivity index (χ0n) is 24.6. The smallest absolute Gasteiger partial charge is 0.254 e. The van der Waals surface area contributed by atoms with Gasteiger partial charge in [-0.05, 0) is 74.6 Å². The number of oxazole rings is 1. The Morgan fingerprint density at radius 2 is 1.81 bits per heavy atom. The molecule has 2 fully saturated rings. The first-order chi connectivity index (χ1) is 21.0. The van der Waals surface area contributed by atoms with Crippen LogP contribution in [0.15, 0.2) is 77.8 Å². The average molecular weight is 579 g/mol. The summed E-state index contributed by atoms with van der Waals surface area (Å²) < 4.78 is 5.68. The molecule has 1 unspecified atom stereocenters. The van der Waals surface area contributed by atoms with Crippen LogP contribution in [0.4, 0.5) is 0 Å². The van der Waals surface area contributed by atoms with Crippen LogP contribution in [-0.4, -0.2) is 49.3 Å². The van der Waals surface area contributed by atoms with E-state index in [0.717, 1.165) is 49.8 Å². The minimum Gasteiger partial charge on any atom is -0.446 e. The van der Waals surface area contributed by atoms with E-state index in [-0.39, 0.29) is 36.0 Å². The molecule has 0 bridgehead atoms. The van der Waals surface area contributed by atoms with Crippen molar-refractivity contribution in [2.45, 2.75) is 70.4 Å². The van der Waals surface area contributed by atoms with Crippen molar-refractivity contribution in [1.82, 2.24) is 19.9 Å². The van der Waals surface area contributed by atoms with Crippen molar-refractivity contribution < 1.29 is 19.1 Å². The van der Waals surface area contributed by atoms with Gasteiger partial charge in [0.05, 0.1) is 23.7 Å². The summed E-state index contributed by atoms with van der Waals surface area (Å²) in [4.78, 5) is 43.0. The van der Waals surface area contributed by atoms with Crippen molar-refractivity contribution in [3.05, 3.63) is 102 Å². The molecule has 1 saturated carbocycles. The summed E-state index contributed by atoms with van der Waals surface area (Å²) in [6, 6.07) is 15.1. The number of carbonyl (C=O) groups excluding carboxylic acids is 2. The molecule has 1 aliphatic carbocycles. The van der Waals surface area contributed by atoms with Crippen molar-refractivity contribution in [1.29, 1.82) is 0 Å². The van der Waals surface area contributed by atoms with Crippen LogP contribution >= 0.6 is 0 Å². The van der Waals surface area contributed by atoms with Gasteiger partial charge in [-0.25, -0.2) is 4.98 Å². The molecule has 6 rings (SSSR count). The van der Waals surface area contributed by atoms with E-state index in [9.17, 15) is 14.7 Å². The second-order valence-electron chi connectivity index (χ2n) is 12.0. The van der Waals surface area contributed by atoms with E-state index in [1.807, 2.05) is 37.3 Å². The zero-order valence-corrected chi connectivity index (χ0v) is 24.6. The third-order valence-electron chi connectivity index (χ3n) is 8.95. The molecule has 8 nitrogen and oxygen atoms in total. The van der Waals surface area contributed by atoms with Crippen molar-refractivity contribution in [2.24, 2.45) is 11.8 Å². The number of aryl methyl sites for hydroxylation is 1. The Morgan fingerprint density at radius 3 is 2.53 bits per heavy atom. The van der Waals surface area contributed by atoms with E-state index in [1.54, 1.807) is 48.0 Å². The number of Topliss-reactive ketones (excluding diaryl/α,β-unsaturated/α-hetero) is 1. The molecule has 222 valence electrons. The Labute approximate surface area is 252 Å².